The van der Waals surface area contributed by atoms with E-state index < -0.39 is 22.0 Å². The van der Waals surface area contributed by atoms with Gasteiger partial charge in [-0.05, 0) is 30.5 Å². The summed E-state index contributed by atoms with van der Waals surface area (Å²) in [7, 11) is -3.63. The van der Waals surface area contributed by atoms with E-state index >= 15 is 0 Å². The molecule has 1 aromatic rings. The van der Waals surface area contributed by atoms with Gasteiger partial charge in [-0.2, -0.15) is 4.31 Å². The first-order valence-electron chi connectivity index (χ1n) is 6.52. The molecule has 2 rings (SSSR count). The molecule has 1 heterocycles. The number of sulfonamides is 1. The molecule has 1 aliphatic heterocycles. The van der Waals surface area contributed by atoms with Crippen molar-refractivity contribution < 1.29 is 18.3 Å². The molecule has 1 N–H and O–H groups in total. The van der Waals surface area contributed by atoms with Gasteiger partial charge < -0.3 is 5.11 Å². The number of carboxylic acid groups (broad SMARTS) is 1. The van der Waals surface area contributed by atoms with E-state index in [2.05, 4.69) is 0 Å². The van der Waals surface area contributed by atoms with E-state index in [1.165, 1.54) is 0 Å². The minimum absolute atomic E-state index is 0.106. The maximum absolute atomic E-state index is 12.4. The van der Waals surface area contributed by atoms with Gasteiger partial charge in [-0.3, -0.25) is 4.79 Å². The zero-order valence-electron chi connectivity index (χ0n) is 11.3. The van der Waals surface area contributed by atoms with E-state index in [1.807, 2.05) is 0 Å². The minimum Gasteiger partial charge on any atom is -0.480 e. The predicted octanol–water partition coefficient (Wildman–Crippen LogP) is 1.93. The normalized spacial score (nSPS) is 19.6. The van der Waals surface area contributed by atoms with Crippen LogP contribution in [-0.4, -0.2) is 42.1 Å². The summed E-state index contributed by atoms with van der Waals surface area (Å²) in [5.74, 6) is -1.25. The number of carboxylic acids is 1. The first-order valence-corrected chi connectivity index (χ1v) is 8.50. The maximum atomic E-state index is 12.4. The van der Waals surface area contributed by atoms with Crippen molar-refractivity contribution in [1.29, 1.82) is 0 Å². The average molecular weight is 330 g/mol. The summed E-state index contributed by atoms with van der Waals surface area (Å²) in [6.07, 6.45) is 3.87. The minimum atomic E-state index is -3.63. The first kappa shape index (κ1) is 16.0. The third kappa shape index (κ3) is 4.06. The summed E-state index contributed by atoms with van der Waals surface area (Å²) in [5.41, 5.74) is 0.811. The van der Waals surface area contributed by atoms with Crippen LogP contribution in [0.2, 0.25) is 5.02 Å². The lowest BCUT2D eigenvalue weighted by atomic mass is 10.1. The standard InChI is InChI=1S/C14H16ClNO4S/c15-12-5-3-4-11(10-12)7-9-21(19,20)16-8-2-1-6-13(16)14(17)18/h1-5,10,13H,6-9H2,(H,17,18). The molecule has 1 unspecified atom stereocenters. The highest BCUT2D eigenvalue weighted by Crippen LogP contribution is 2.18. The van der Waals surface area contributed by atoms with Gasteiger partial charge in [0.25, 0.3) is 0 Å². The Hall–Kier alpha value is -1.37. The molecule has 0 spiro atoms. The first-order chi connectivity index (χ1) is 9.90. The monoisotopic (exact) mass is 329 g/mol. The number of aryl methyl sites for hydroxylation is 1. The molecule has 5 nitrogen and oxygen atoms in total. The third-order valence-electron chi connectivity index (χ3n) is 3.34. The van der Waals surface area contributed by atoms with Gasteiger partial charge in [-0.15, -0.1) is 0 Å². The number of hydrogen-bond donors (Lipinski definition) is 1. The molecule has 1 aliphatic rings. The van der Waals surface area contributed by atoms with E-state index in [-0.39, 0.29) is 18.7 Å². The molecule has 7 heteroatoms. The second-order valence-electron chi connectivity index (χ2n) is 4.83. The van der Waals surface area contributed by atoms with Crippen LogP contribution in [0.1, 0.15) is 12.0 Å². The Bertz CT molecular complexity index is 657. The van der Waals surface area contributed by atoms with Crippen LogP contribution in [0.15, 0.2) is 36.4 Å². The van der Waals surface area contributed by atoms with E-state index in [9.17, 15) is 13.2 Å². The van der Waals surface area contributed by atoms with Gasteiger partial charge in [0.2, 0.25) is 10.0 Å². The van der Waals surface area contributed by atoms with Crippen LogP contribution in [0.4, 0.5) is 0 Å². The van der Waals surface area contributed by atoms with Crippen LogP contribution in [-0.2, 0) is 21.2 Å². The van der Waals surface area contributed by atoms with Gasteiger partial charge in [0.15, 0.2) is 0 Å². The van der Waals surface area contributed by atoms with Gasteiger partial charge in [0.1, 0.15) is 6.04 Å². The summed E-state index contributed by atoms with van der Waals surface area (Å²) in [6.45, 7) is 0.106. The lowest BCUT2D eigenvalue weighted by Gasteiger charge is -2.29. The van der Waals surface area contributed by atoms with Crippen molar-refractivity contribution in [3.63, 3.8) is 0 Å². The van der Waals surface area contributed by atoms with Crippen LogP contribution < -0.4 is 0 Å². The summed E-state index contributed by atoms with van der Waals surface area (Å²) >= 11 is 5.86. The fraction of sp³-hybridized carbons (Fsp3) is 0.357. The molecular weight excluding hydrogens is 314 g/mol. The number of carbonyl (C=O) groups is 1. The lowest BCUT2D eigenvalue weighted by molar-refractivity contribution is -0.141. The van der Waals surface area contributed by atoms with Crippen molar-refractivity contribution in [2.75, 3.05) is 12.3 Å². The van der Waals surface area contributed by atoms with Crippen molar-refractivity contribution in [3.8, 4) is 0 Å². The van der Waals surface area contributed by atoms with Gasteiger partial charge in [0.05, 0.1) is 5.75 Å². The Labute approximate surface area is 128 Å². The largest absolute Gasteiger partial charge is 0.480 e. The van der Waals surface area contributed by atoms with Crippen molar-refractivity contribution in [2.45, 2.75) is 18.9 Å². The number of hydrogen-bond acceptors (Lipinski definition) is 3. The quantitative estimate of drug-likeness (QED) is 0.838. The van der Waals surface area contributed by atoms with Gasteiger partial charge in [-0.1, -0.05) is 35.9 Å². The highest BCUT2D eigenvalue weighted by molar-refractivity contribution is 7.89. The number of benzene rings is 1. The van der Waals surface area contributed by atoms with E-state index in [4.69, 9.17) is 16.7 Å². The predicted molar refractivity (Wildman–Crippen MR) is 80.8 cm³/mol. The summed E-state index contributed by atoms with van der Waals surface area (Å²) in [4.78, 5) is 11.2. The molecular formula is C14H16ClNO4S. The number of halogens is 1. The lowest BCUT2D eigenvalue weighted by Crippen LogP contribution is -2.47. The molecule has 114 valence electrons. The molecule has 0 aliphatic carbocycles. The topological polar surface area (TPSA) is 74.7 Å². The third-order valence-corrected chi connectivity index (χ3v) is 5.41. The summed E-state index contributed by atoms with van der Waals surface area (Å²) in [6, 6.07) is 5.97. The smallest absolute Gasteiger partial charge is 0.322 e. The number of nitrogens with zero attached hydrogens (tertiary/aromatic N) is 1. The van der Waals surface area contributed by atoms with Crippen LogP contribution >= 0.6 is 11.6 Å². The van der Waals surface area contributed by atoms with Crippen molar-refractivity contribution in [3.05, 3.63) is 47.0 Å². The Morgan fingerprint density at radius 2 is 2.14 bits per heavy atom. The van der Waals surface area contributed by atoms with E-state index in [0.717, 1.165) is 9.87 Å². The summed E-state index contributed by atoms with van der Waals surface area (Å²) in [5, 5.41) is 9.69. The van der Waals surface area contributed by atoms with Gasteiger partial charge in [0, 0.05) is 11.6 Å². The molecule has 1 atom stereocenters. The maximum Gasteiger partial charge on any atom is 0.322 e. The molecule has 0 bridgehead atoms. The molecule has 0 radical (unpaired) electrons. The van der Waals surface area contributed by atoms with Gasteiger partial charge in [-0.25, -0.2) is 8.42 Å². The summed E-state index contributed by atoms with van der Waals surface area (Å²) < 4.78 is 25.8. The zero-order valence-corrected chi connectivity index (χ0v) is 12.8. The molecule has 1 aromatic carbocycles. The van der Waals surface area contributed by atoms with Crippen molar-refractivity contribution >= 4 is 27.6 Å². The second-order valence-corrected chi connectivity index (χ2v) is 7.30. The van der Waals surface area contributed by atoms with Crippen molar-refractivity contribution in [1.82, 2.24) is 4.31 Å². The molecule has 0 fully saturated rings. The number of rotatable bonds is 5. The Morgan fingerprint density at radius 3 is 2.81 bits per heavy atom. The average Bonchev–Trinajstić information content (AvgIpc) is 2.45. The Balaban J connectivity index is 2.10. The fourth-order valence-electron chi connectivity index (χ4n) is 2.24. The van der Waals surface area contributed by atoms with Crippen molar-refractivity contribution in [2.24, 2.45) is 0 Å². The Morgan fingerprint density at radius 1 is 1.38 bits per heavy atom. The number of aliphatic carboxylic acids is 1. The van der Waals surface area contributed by atoms with Gasteiger partial charge >= 0.3 is 5.97 Å². The Kier molecular flexibility index (Phi) is 5.03. The molecule has 0 saturated carbocycles. The highest BCUT2D eigenvalue weighted by atomic mass is 35.5. The molecule has 21 heavy (non-hydrogen) atoms. The van der Waals surface area contributed by atoms with Crippen LogP contribution in [0.5, 0.6) is 0 Å². The molecule has 0 amide bonds. The van der Waals surface area contributed by atoms with Crippen LogP contribution in [0, 0.1) is 0 Å². The van der Waals surface area contributed by atoms with E-state index in [0.29, 0.717) is 11.4 Å². The molecule has 0 saturated heterocycles. The highest BCUT2D eigenvalue weighted by Gasteiger charge is 2.34. The molecule has 0 aromatic heterocycles. The zero-order chi connectivity index (χ0) is 15.5. The van der Waals surface area contributed by atoms with Crippen LogP contribution in [0.3, 0.4) is 0 Å². The fourth-order valence-corrected chi connectivity index (χ4v) is 4.05. The van der Waals surface area contributed by atoms with E-state index in [1.54, 1.807) is 36.4 Å². The second kappa shape index (κ2) is 6.60. The van der Waals surface area contributed by atoms with Crippen LogP contribution in [0.25, 0.3) is 0 Å². The SMILES string of the molecule is O=C(O)C1CC=CCN1S(=O)(=O)CCc1cccc(Cl)c1.